The minimum absolute atomic E-state index is 0.134. The number of aryl methyl sites for hydroxylation is 1. The number of fused-ring (bicyclic) bond motifs is 1. The third-order valence-electron chi connectivity index (χ3n) is 2.47. The molecule has 1 aromatic carbocycles. The van der Waals surface area contributed by atoms with Crippen LogP contribution in [0.1, 0.15) is 30.1 Å². The van der Waals surface area contributed by atoms with Crippen LogP contribution in [-0.2, 0) is 6.54 Å². The average Bonchev–Trinajstić information content (AvgIpc) is 2.68. The lowest BCUT2D eigenvalue weighted by Gasteiger charge is -2.02. The van der Waals surface area contributed by atoms with Crippen molar-refractivity contribution in [3.8, 4) is 0 Å². The van der Waals surface area contributed by atoms with E-state index < -0.39 is 5.97 Å². The molecular formula is C11H12N3O2-. The van der Waals surface area contributed by atoms with Crippen molar-refractivity contribution >= 4 is 17.0 Å². The molecule has 84 valence electrons. The molecular weight excluding hydrogens is 206 g/mol. The van der Waals surface area contributed by atoms with Crippen LogP contribution in [-0.4, -0.2) is 21.0 Å². The first-order chi connectivity index (χ1) is 7.72. The standard InChI is InChI=1S/C11H13N3O2/c1-2-3-6-14-10-5-4-8(11(15)16)7-9(10)12-13-14/h4-5,7H,2-3,6H2,1H3,(H,15,16)/p-1. The van der Waals surface area contributed by atoms with E-state index in [1.54, 1.807) is 10.7 Å². The second-order valence-corrected chi connectivity index (χ2v) is 3.66. The Morgan fingerprint density at radius 3 is 3.00 bits per heavy atom. The molecule has 16 heavy (non-hydrogen) atoms. The van der Waals surface area contributed by atoms with Crippen molar-refractivity contribution in [2.24, 2.45) is 0 Å². The van der Waals surface area contributed by atoms with Crippen molar-refractivity contribution in [3.63, 3.8) is 0 Å². The minimum Gasteiger partial charge on any atom is -0.545 e. The number of benzene rings is 1. The van der Waals surface area contributed by atoms with E-state index in [0.29, 0.717) is 5.52 Å². The van der Waals surface area contributed by atoms with Gasteiger partial charge in [0.25, 0.3) is 0 Å². The Hall–Kier alpha value is -1.91. The van der Waals surface area contributed by atoms with Crippen LogP contribution < -0.4 is 5.11 Å². The average molecular weight is 218 g/mol. The molecule has 0 saturated heterocycles. The van der Waals surface area contributed by atoms with Gasteiger partial charge in [-0.3, -0.25) is 0 Å². The molecule has 0 aliphatic rings. The van der Waals surface area contributed by atoms with Crippen molar-refractivity contribution in [3.05, 3.63) is 23.8 Å². The fourth-order valence-electron chi connectivity index (χ4n) is 1.57. The Bertz CT molecular complexity index is 519. The topological polar surface area (TPSA) is 70.8 Å². The number of carboxylic acid groups (broad SMARTS) is 1. The van der Waals surface area contributed by atoms with Crippen LogP contribution in [0.25, 0.3) is 11.0 Å². The summed E-state index contributed by atoms with van der Waals surface area (Å²) in [6.45, 7) is 2.91. The van der Waals surface area contributed by atoms with Crippen LogP contribution in [0.2, 0.25) is 0 Å². The smallest absolute Gasteiger partial charge is 0.113 e. The minimum atomic E-state index is -1.19. The van der Waals surface area contributed by atoms with Crippen molar-refractivity contribution < 1.29 is 9.90 Å². The molecule has 0 radical (unpaired) electrons. The van der Waals surface area contributed by atoms with Crippen LogP contribution in [0, 0.1) is 0 Å². The molecule has 0 aliphatic heterocycles. The van der Waals surface area contributed by atoms with E-state index in [0.717, 1.165) is 24.9 Å². The summed E-state index contributed by atoms with van der Waals surface area (Å²) in [5.74, 6) is -1.19. The second kappa shape index (κ2) is 4.30. The quantitative estimate of drug-likeness (QED) is 0.753. The van der Waals surface area contributed by atoms with Crippen LogP contribution in [0.4, 0.5) is 0 Å². The largest absolute Gasteiger partial charge is 0.545 e. The van der Waals surface area contributed by atoms with E-state index in [1.807, 2.05) is 0 Å². The van der Waals surface area contributed by atoms with Crippen molar-refractivity contribution in [2.75, 3.05) is 0 Å². The molecule has 0 N–H and O–H groups in total. The zero-order valence-corrected chi connectivity index (χ0v) is 9.01. The normalized spacial score (nSPS) is 10.8. The Morgan fingerprint density at radius 1 is 1.50 bits per heavy atom. The molecule has 0 aliphatic carbocycles. The van der Waals surface area contributed by atoms with Crippen molar-refractivity contribution in [2.45, 2.75) is 26.3 Å². The van der Waals surface area contributed by atoms with E-state index in [1.165, 1.54) is 12.1 Å². The Labute approximate surface area is 92.7 Å². The highest BCUT2D eigenvalue weighted by atomic mass is 16.4. The van der Waals surface area contributed by atoms with Crippen LogP contribution >= 0.6 is 0 Å². The van der Waals surface area contributed by atoms with Crippen molar-refractivity contribution in [1.29, 1.82) is 0 Å². The summed E-state index contributed by atoms with van der Waals surface area (Å²) < 4.78 is 1.79. The summed E-state index contributed by atoms with van der Waals surface area (Å²) in [5, 5.41) is 18.6. The Morgan fingerprint density at radius 2 is 2.31 bits per heavy atom. The maximum Gasteiger partial charge on any atom is 0.113 e. The van der Waals surface area contributed by atoms with Gasteiger partial charge in [0.1, 0.15) is 5.52 Å². The lowest BCUT2D eigenvalue weighted by molar-refractivity contribution is -0.255. The maximum atomic E-state index is 10.7. The molecule has 0 amide bonds. The number of carbonyl (C=O) groups is 1. The molecule has 2 aromatic rings. The first-order valence-electron chi connectivity index (χ1n) is 5.27. The maximum absolute atomic E-state index is 10.7. The summed E-state index contributed by atoms with van der Waals surface area (Å²) in [6, 6.07) is 4.72. The SMILES string of the molecule is CCCCn1nnc2cc(C(=O)[O-])ccc21. The molecule has 0 fully saturated rings. The highest BCUT2D eigenvalue weighted by Gasteiger charge is 2.05. The van der Waals surface area contributed by atoms with Crippen LogP contribution in [0.5, 0.6) is 0 Å². The Balaban J connectivity index is 2.38. The Kier molecular flexibility index (Phi) is 2.85. The van der Waals surface area contributed by atoms with Crippen molar-refractivity contribution in [1.82, 2.24) is 15.0 Å². The van der Waals surface area contributed by atoms with Gasteiger partial charge in [-0.1, -0.05) is 24.6 Å². The van der Waals surface area contributed by atoms with E-state index in [-0.39, 0.29) is 5.56 Å². The zero-order valence-electron chi connectivity index (χ0n) is 9.01. The first-order valence-corrected chi connectivity index (χ1v) is 5.27. The van der Waals surface area contributed by atoms with Gasteiger partial charge >= 0.3 is 0 Å². The molecule has 5 nitrogen and oxygen atoms in total. The summed E-state index contributed by atoms with van der Waals surface area (Å²) in [6.07, 6.45) is 2.11. The monoisotopic (exact) mass is 218 g/mol. The summed E-state index contributed by atoms with van der Waals surface area (Å²) in [5.41, 5.74) is 1.59. The van der Waals surface area contributed by atoms with Gasteiger partial charge in [0, 0.05) is 6.54 Å². The highest BCUT2D eigenvalue weighted by molar-refractivity contribution is 5.90. The number of aromatic nitrogens is 3. The van der Waals surface area contributed by atoms with Gasteiger partial charge in [0.05, 0.1) is 11.5 Å². The van der Waals surface area contributed by atoms with E-state index in [9.17, 15) is 9.90 Å². The second-order valence-electron chi connectivity index (χ2n) is 3.66. The third kappa shape index (κ3) is 1.88. The summed E-state index contributed by atoms with van der Waals surface area (Å²) in [4.78, 5) is 10.7. The number of nitrogens with zero attached hydrogens (tertiary/aromatic N) is 3. The molecule has 0 unspecified atom stereocenters. The fourth-order valence-corrected chi connectivity index (χ4v) is 1.57. The number of rotatable bonds is 4. The molecule has 0 bridgehead atoms. The third-order valence-corrected chi connectivity index (χ3v) is 2.47. The number of hydrogen-bond acceptors (Lipinski definition) is 4. The molecule has 2 rings (SSSR count). The molecule has 1 aromatic heterocycles. The number of carbonyl (C=O) groups excluding carboxylic acids is 1. The fraction of sp³-hybridized carbons (Fsp3) is 0.364. The molecule has 1 heterocycles. The molecule has 5 heteroatoms. The first kappa shape index (κ1) is 10.6. The van der Waals surface area contributed by atoms with E-state index >= 15 is 0 Å². The number of carboxylic acids is 1. The van der Waals surface area contributed by atoms with Gasteiger partial charge in [-0.25, -0.2) is 4.68 Å². The predicted octanol–water partition coefficient (Wildman–Crippen LogP) is 0.595. The van der Waals surface area contributed by atoms with Gasteiger partial charge in [0.2, 0.25) is 0 Å². The zero-order chi connectivity index (χ0) is 11.5. The molecule has 0 spiro atoms. The predicted molar refractivity (Wildman–Crippen MR) is 56.8 cm³/mol. The van der Waals surface area contributed by atoms with Crippen LogP contribution in [0.15, 0.2) is 18.2 Å². The van der Waals surface area contributed by atoms with Crippen LogP contribution in [0.3, 0.4) is 0 Å². The lowest BCUT2D eigenvalue weighted by Crippen LogP contribution is -2.21. The van der Waals surface area contributed by atoms with Gasteiger partial charge in [-0.05, 0) is 24.1 Å². The van der Waals surface area contributed by atoms with Gasteiger partial charge in [-0.2, -0.15) is 0 Å². The number of aromatic carboxylic acids is 1. The van der Waals surface area contributed by atoms with Gasteiger partial charge < -0.3 is 9.90 Å². The highest BCUT2D eigenvalue weighted by Crippen LogP contribution is 2.13. The molecule has 0 saturated carbocycles. The van der Waals surface area contributed by atoms with Gasteiger partial charge in [-0.15, -0.1) is 5.10 Å². The number of unbranched alkanes of at least 4 members (excludes halogenated alkanes) is 1. The van der Waals surface area contributed by atoms with E-state index in [2.05, 4.69) is 17.2 Å². The summed E-state index contributed by atoms with van der Waals surface area (Å²) >= 11 is 0. The lowest BCUT2D eigenvalue weighted by atomic mass is 10.2. The van der Waals surface area contributed by atoms with Gasteiger partial charge in [0.15, 0.2) is 0 Å². The summed E-state index contributed by atoms with van der Waals surface area (Å²) in [7, 11) is 0. The van der Waals surface area contributed by atoms with E-state index in [4.69, 9.17) is 0 Å². The molecule has 0 atom stereocenters. The number of hydrogen-bond donors (Lipinski definition) is 0.